The normalized spacial score (nSPS) is 19.6. The Balaban J connectivity index is 2.14. The maximum atomic E-state index is 13.1. The third-order valence-corrected chi connectivity index (χ3v) is 3.56. The van der Waals surface area contributed by atoms with E-state index in [0.717, 1.165) is 32.4 Å². The smallest absolute Gasteiger partial charge is 0.265 e. The first kappa shape index (κ1) is 15.0. The minimum Gasteiger partial charge on any atom is -0.399 e. The number of nitrogens with zero attached hydrogens (tertiary/aromatic N) is 1. The molecule has 1 aromatic rings. The van der Waals surface area contributed by atoms with Crippen LogP contribution in [0.2, 0.25) is 0 Å². The number of alkyl halides is 2. The highest BCUT2D eigenvalue weighted by atomic mass is 19.3. The van der Waals surface area contributed by atoms with Crippen molar-refractivity contribution in [3.8, 4) is 0 Å². The lowest BCUT2D eigenvalue weighted by Crippen LogP contribution is -2.40. The second kappa shape index (κ2) is 6.88. The summed E-state index contributed by atoms with van der Waals surface area (Å²) in [5.74, 6) is 0. The van der Waals surface area contributed by atoms with Crippen LogP contribution in [0.5, 0.6) is 0 Å². The molecule has 1 unspecified atom stereocenters. The van der Waals surface area contributed by atoms with Crippen LogP contribution in [0.25, 0.3) is 0 Å². The molecule has 1 aromatic carbocycles. The van der Waals surface area contributed by atoms with Gasteiger partial charge in [0.1, 0.15) is 0 Å². The Labute approximate surface area is 118 Å². The van der Waals surface area contributed by atoms with Crippen molar-refractivity contribution in [2.45, 2.75) is 38.7 Å². The van der Waals surface area contributed by atoms with Gasteiger partial charge in [-0.3, -0.25) is 0 Å². The Morgan fingerprint density at radius 2 is 2.25 bits per heavy atom. The van der Waals surface area contributed by atoms with Crippen LogP contribution >= 0.6 is 0 Å². The minimum absolute atomic E-state index is 0.0149. The van der Waals surface area contributed by atoms with E-state index in [1.165, 1.54) is 6.07 Å². The summed E-state index contributed by atoms with van der Waals surface area (Å²) in [6.07, 6.45) is 0.551. The SMILES string of the molecule is CCCOC1CCCN(c2ccc(N)cc2C(F)F)C1. The van der Waals surface area contributed by atoms with Gasteiger partial charge in [-0.25, -0.2) is 8.78 Å². The van der Waals surface area contributed by atoms with Crippen molar-refractivity contribution in [2.24, 2.45) is 0 Å². The zero-order valence-electron chi connectivity index (χ0n) is 11.8. The van der Waals surface area contributed by atoms with Crippen molar-refractivity contribution in [2.75, 3.05) is 30.3 Å². The van der Waals surface area contributed by atoms with Gasteiger partial charge in [0.25, 0.3) is 6.43 Å². The second-order valence-electron chi connectivity index (χ2n) is 5.20. The lowest BCUT2D eigenvalue weighted by atomic mass is 10.0. The summed E-state index contributed by atoms with van der Waals surface area (Å²) in [6.45, 7) is 4.25. The molecule has 0 aromatic heterocycles. The van der Waals surface area contributed by atoms with E-state index in [4.69, 9.17) is 10.5 Å². The number of rotatable bonds is 5. The molecule has 1 heterocycles. The van der Waals surface area contributed by atoms with E-state index in [2.05, 4.69) is 6.92 Å². The van der Waals surface area contributed by atoms with Gasteiger partial charge in [-0.1, -0.05) is 6.92 Å². The van der Waals surface area contributed by atoms with Crippen molar-refractivity contribution >= 4 is 11.4 Å². The zero-order chi connectivity index (χ0) is 14.5. The van der Waals surface area contributed by atoms with Crippen molar-refractivity contribution in [1.29, 1.82) is 0 Å². The monoisotopic (exact) mass is 284 g/mol. The standard InChI is InChI=1S/C15H22F2N2O/c1-2-8-20-12-4-3-7-19(10-12)14-6-5-11(18)9-13(14)15(16)17/h5-6,9,12,15H,2-4,7-8,10,18H2,1H3. The van der Waals surface area contributed by atoms with Gasteiger partial charge >= 0.3 is 0 Å². The molecule has 20 heavy (non-hydrogen) atoms. The van der Waals surface area contributed by atoms with E-state index in [1.54, 1.807) is 12.1 Å². The van der Waals surface area contributed by atoms with Crippen LogP contribution in [0, 0.1) is 0 Å². The third-order valence-electron chi connectivity index (χ3n) is 3.56. The van der Waals surface area contributed by atoms with Crippen LogP contribution in [0.3, 0.4) is 0 Å². The Kier molecular flexibility index (Phi) is 5.17. The summed E-state index contributed by atoms with van der Waals surface area (Å²) in [5, 5.41) is 0. The molecule has 1 aliphatic rings. The molecule has 0 radical (unpaired) electrons. The molecule has 1 saturated heterocycles. The number of nitrogens with two attached hydrogens (primary N) is 1. The van der Waals surface area contributed by atoms with Crippen LogP contribution in [-0.4, -0.2) is 25.8 Å². The lowest BCUT2D eigenvalue weighted by Gasteiger charge is -2.35. The first-order valence-corrected chi connectivity index (χ1v) is 7.16. The fourth-order valence-corrected chi connectivity index (χ4v) is 2.61. The van der Waals surface area contributed by atoms with E-state index in [1.807, 2.05) is 4.90 Å². The van der Waals surface area contributed by atoms with Crippen molar-refractivity contribution in [1.82, 2.24) is 0 Å². The van der Waals surface area contributed by atoms with Crippen LogP contribution < -0.4 is 10.6 Å². The number of hydrogen-bond donors (Lipinski definition) is 1. The first-order valence-electron chi connectivity index (χ1n) is 7.16. The molecule has 1 fully saturated rings. The van der Waals surface area contributed by atoms with Gasteiger partial charge in [0, 0.05) is 36.6 Å². The molecule has 0 aliphatic carbocycles. The van der Waals surface area contributed by atoms with Gasteiger partial charge in [-0.2, -0.15) is 0 Å². The highest BCUT2D eigenvalue weighted by Crippen LogP contribution is 2.33. The molecule has 3 nitrogen and oxygen atoms in total. The number of benzene rings is 1. The van der Waals surface area contributed by atoms with Gasteiger partial charge < -0.3 is 15.4 Å². The summed E-state index contributed by atoms with van der Waals surface area (Å²) in [5.41, 5.74) is 6.58. The molecular formula is C15H22F2N2O. The van der Waals surface area contributed by atoms with Crippen LogP contribution in [-0.2, 0) is 4.74 Å². The molecule has 0 spiro atoms. The molecule has 1 atom stereocenters. The fourth-order valence-electron chi connectivity index (χ4n) is 2.61. The predicted octanol–water partition coefficient (Wildman–Crippen LogP) is 3.60. The average molecular weight is 284 g/mol. The maximum Gasteiger partial charge on any atom is 0.265 e. The topological polar surface area (TPSA) is 38.5 Å². The molecular weight excluding hydrogens is 262 g/mol. The minimum atomic E-state index is -2.51. The fraction of sp³-hybridized carbons (Fsp3) is 0.600. The number of anilines is 2. The second-order valence-corrected chi connectivity index (χ2v) is 5.20. The Morgan fingerprint density at radius 3 is 2.95 bits per heavy atom. The molecule has 1 aliphatic heterocycles. The quantitative estimate of drug-likeness (QED) is 0.840. The van der Waals surface area contributed by atoms with Crippen LogP contribution in [0.4, 0.5) is 20.2 Å². The lowest BCUT2D eigenvalue weighted by molar-refractivity contribution is 0.0438. The molecule has 2 N–H and O–H groups in total. The zero-order valence-corrected chi connectivity index (χ0v) is 11.8. The number of ether oxygens (including phenoxy) is 1. The van der Waals surface area contributed by atoms with E-state index in [-0.39, 0.29) is 11.7 Å². The average Bonchev–Trinajstić information content (AvgIpc) is 2.45. The van der Waals surface area contributed by atoms with Gasteiger partial charge in [0.05, 0.1) is 6.10 Å². The van der Waals surface area contributed by atoms with E-state index < -0.39 is 6.43 Å². The van der Waals surface area contributed by atoms with E-state index >= 15 is 0 Å². The highest BCUT2D eigenvalue weighted by molar-refractivity contribution is 5.60. The van der Waals surface area contributed by atoms with Gasteiger partial charge in [-0.15, -0.1) is 0 Å². The Bertz CT molecular complexity index is 440. The molecule has 0 amide bonds. The van der Waals surface area contributed by atoms with Crippen molar-refractivity contribution in [3.05, 3.63) is 23.8 Å². The highest BCUT2D eigenvalue weighted by Gasteiger charge is 2.24. The number of piperidine rings is 1. The Hall–Kier alpha value is -1.36. The molecule has 0 saturated carbocycles. The van der Waals surface area contributed by atoms with E-state index in [9.17, 15) is 8.78 Å². The van der Waals surface area contributed by atoms with Gasteiger partial charge in [-0.05, 0) is 37.5 Å². The van der Waals surface area contributed by atoms with Crippen LogP contribution in [0.15, 0.2) is 18.2 Å². The predicted molar refractivity (Wildman–Crippen MR) is 77.3 cm³/mol. The molecule has 0 bridgehead atoms. The molecule has 2 rings (SSSR count). The number of nitrogen functional groups attached to an aromatic ring is 1. The van der Waals surface area contributed by atoms with Crippen LogP contribution in [0.1, 0.15) is 38.2 Å². The number of hydrogen-bond acceptors (Lipinski definition) is 3. The summed E-state index contributed by atoms with van der Waals surface area (Å²) >= 11 is 0. The number of halogens is 2. The summed E-state index contributed by atoms with van der Waals surface area (Å²) in [6, 6.07) is 4.74. The maximum absolute atomic E-state index is 13.1. The van der Waals surface area contributed by atoms with Crippen molar-refractivity contribution in [3.63, 3.8) is 0 Å². The van der Waals surface area contributed by atoms with Gasteiger partial charge in [0.2, 0.25) is 0 Å². The summed E-state index contributed by atoms with van der Waals surface area (Å²) in [7, 11) is 0. The van der Waals surface area contributed by atoms with Crippen molar-refractivity contribution < 1.29 is 13.5 Å². The van der Waals surface area contributed by atoms with Gasteiger partial charge in [0.15, 0.2) is 0 Å². The summed E-state index contributed by atoms with van der Waals surface area (Å²) in [4.78, 5) is 1.99. The summed E-state index contributed by atoms with van der Waals surface area (Å²) < 4.78 is 32.1. The van der Waals surface area contributed by atoms with E-state index in [0.29, 0.717) is 17.9 Å². The largest absolute Gasteiger partial charge is 0.399 e. The third kappa shape index (κ3) is 3.60. The Morgan fingerprint density at radius 1 is 1.45 bits per heavy atom. The first-order chi connectivity index (χ1) is 9.61. The molecule has 5 heteroatoms. The molecule has 112 valence electrons.